The van der Waals surface area contributed by atoms with Crippen LogP contribution < -0.4 is 0 Å². The predicted molar refractivity (Wildman–Crippen MR) is 58.7 cm³/mol. The fourth-order valence-corrected chi connectivity index (χ4v) is 1.74. The molecule has 0 aliphatic rings. The Morgan fingerprint density at radius 2 is 2.07 bits per heavy atom. The summed E-state index contributed by atoms with van der Waals surface area (Å²) in [4.78, 5) is 0. The van der Waals surface area contributed by atoms with Crippen molar-refractivity contribution in [3.63, 3.8) is 0 Å². The van der Waals surface area contributed by atoms with E-state index >= 15 is 0 Å². The van der Waals surface area contributed by atoms with Crippen LogP contribution in [-0.2, 0) is 6.42 Å². The Kier molecular flexibility index (Phi) is 4.67. The van der Waals surface area contributed by atoms with Gasteiger partial charge in [-0.2, -0.15) is 0 Å². The number of halogens is 3. The number of benzene rings is 1. The lowest BCUT2D eigenvalue weighted by Gasteiger charge is -2.07. The van der Waals surface area contributed by atoms with E-state index in [0.717, 1.165) is 0 Å². The van der Waals surface area contributed by atoms with E-state index in [4.69, 9.17) is 5.11 Å². The average molecular weight is 279 g/mol. The van der Waals surface area contributed by atoms with Gasteiger partial charge in [0.1, 0.15) is 11.6 Å². The van der Waals surface area contributed by atoms with Crippen molar-refractivity contribution in [3.8, 4) is 0 Å². The molecule has 1 aromatic rings. The van der Waals surface area contributed by atoms with Crippen molar-refractivity contribution in [1.82, 2.24) is 0 Å². The van der Waals surface area contributed by atoms with Crippen molar-refractivity contribution in [2.45, 2.75) is 32.3 Å². The van der Waals surface area contributed by atoms with Crippen LogP contribution in [0.2, 0.25) is 0 Å². The SMILES string of the molecule is CC(O)CCCc1c(F)ccc(Br)c1F. The summed E-state index contributed by atoms with van der Waals surface area (Å²) in [5.41, 5.74) is 0.0880. The molecule has 0 saturated carbocycles. The maximum absolute atomic E-state index is 13.4. The standard InChI is InChI=1S/C11H13BrF2O/c1-7(15)3-2-4-8-10(13)6-5-9(12)11(8)14/h5-7,15H,2-4H2,1H3. The molecular weight excluding hydrogens is 266 g/mol. The Morgan fingerprint density at radius 1 is 1.40 bits per heavy atom. The second-order valence-electron chi connectivity index (χ2n) is 3.56. The quantitative estimate of drug-likeness (QED) is 0.837. The van der Waals surface area contributed by atoms with E-state index in [1.54, 1.807) is 6.92 Å². The molecule has 0 aliphatic carbocycles. The van der Waals surface area contributed by atoms with Gasteiger partial charge in [0.15, 0.2) is 0 Å². The van der Waals surface area contributed by atoms with Gasteiger partial charge in [-0.25, -0.2) is 8.78 Å². The minimum atomic E-state index is -0.541. The molecule has 1 atom stereocenters. The van der Waals surface area contributed by atoms with Crippen LogP contribution in [0.15, 0.2) is 16.6 Å². The Morgan fingerprint density at radius 3 is 2.67 bits per heavy atom. The maximum Gasteiger partial charge on any atom is 0.143 e. The van der Waals surface area contributed by atoms with E-state index in [1.807, 2.05) is 0 Å². The van der Waals surface area contributed by atoms with E-state index in [9.17, 15) is 8.78 Å². The molecule has 0 saturated heterocycles. The summed E-state index contributed by atoms with van der Waals surface area (Å²) in [7, 11) is 0. The van der Waals surface area contributed by atoms with E-state index in [1.165, 1.54) is 12.1 Å². The lowest BCUT2D eigenvalue weighted by molar-refractivity contribution is 0.181. The monoisotopic (exact) mass is 278 g/mol. The molecule has 1 aromatic carbocycles. The fraction of sp³-hybridized carbons (Fsp3) is 0.455. The second-order valence-corrected chi connectivity index (χ2v) is 4.42. The summed E-state index contributed by atoms with van der Waals surface area (Å²) in [5, 5.41) is 9.03. The van der Waals surface area contributed by atoms with Crippen LogP contribution in [-0.4, -0.2) is 11.2 Å². The molecule has 1 N–H and O–H groups in total. The summed E-state index contributed by atoms with van der Waals surface area (Å²) < 4.78 is 26.9. The summed E-state index contributed by atoms with van der Waals surface area (Å²) in [5.74, 6) is -1.07. The topological polar surface area (TPSA) is 20.2 Å². The molecule has 0 spiro atoms. The van der Waals surface area contributed by atoms with Gasteiger partial charge in [0.2, 0.25) is 0 Å². The highest BCUT2D eigenvalue weighted by atomic mass is 79.9. The van der Waals surface area contributed by atoms with E-state index in [0.29, 0.717) is 19.3 Å². The normalized spacial score (nSPS) is 12.9. The molecule has 0 bridgehead atoms. The van der Waals surface area contributed by atoms with Crippen molar-refractivity contribution in [3.05, 3.63) is 33.8 Å². The Labute approximate surface area is 96.2 Å². The van der Waals surface area contributed by atoms with Gasteiger partial charge < -0.3 is 5.11 Å². The number of aliphatic hydroxyl groups excluding tert-OH is 1. The van der Waals surface area contributed by atoms with E-state index in [2.05, 4.69) is 15.9 Å². The highest BCUT2D eigenvalue weighted by molar-refractivity contribution is 9.10. The maximum atomic E-state index is 13.4. The third kappa shape index (κ3) is 3.54. The van der Waals surface area contributed by atoms with E-state index < -0.39 is 17.7 Å². The molecule has 0 radical (unpaired) electrons. The Hall–Kier alpha value is -0.480. The average Bonchev–Trinajstić information content (AvgIpc) is 2.17. The van der Waals surface area contributed by atoms with E-state index in [-0.39, 0.29) is 10.0 Å². The second kappa shape index (κ2) is 5.56. The molecule has 84 valence electrons. The smallest absolute Gasteiger partial charge is 0.143 e. The van der Waals surface area contributed by atoms with Gasteiger partial charge in [0, 0.05) is 5.56 Å². The highest BCUT2D eigenvalue weighted by Gasteiger charge is 2.11. The molecule has 15 heavy (non-hydrogen) atoms. The van der Waals surface area contributed by atoms with Crippen LogP contribution in [0.3, 0.4) is 0 Å². The van der Waals surface area contributed by atoms with Crippen LogP contribution >= 0.6 is 15.9 Å². The van der Waals surface area contributed by atoms with Crippen molar-refractivity contribution in [1.29, 1.82) is 0 Å². The molecular formula is C11H13BrF2O. The number of rotatable bonds is 4. The van der Waals surface area contributed by atoms with Crippen LogP contribution in [0, 0.1) is 11.6 Å². The molecule has 1 nitrogen and oxygen atoms in total. The molecule has 0 fully saturated rings. The highest BCUT2D eigenvalue weighted by Crippen LogP contribution is 2.23. The summed E-state index contributed by atoms with van der Waals surface area (Å²) in [6, 6.07) is 2.59. The zero-order valence-electron chi connectivity index (χ0n) is 8.43. The zero-order valence-corrected chi connectivity index (χ0v) is 10.0. The van der Waals surface area contributed by atoms with Crippen molar-refractivity contribution >= 4 is 15.9 Å². The van der Waals surface area contributed by atoms with Crippen molar-refractivity contribution in [2.24, 2.45) is 0 Å². The first-order valence-electron chi connectivity index (χ1n) is 4.82. The van der Waals surface area contributed by atoms with Crippen LogP contribution in [0.5, 0.6) is 0 Å². The van der Waals surface area contributed by atoms with Gasteiger partial charge in [0.25, 0.3) is 0 Å². The Bertz CT molecular complexity index is 340. The zero-order chi connectivity index (χ0) is 11.4. The predicted octanol–water partition coefficient (Wildman–Crippen LogP) is 3.43. The number of hydrogen-bond acceptors (Lipinski definition) is 1. The van der Waals surface area contributed by atoms with Gasteiger partial charge in [0.05, 0.1) is 10.6 Å². The molecule has 1 unspecified atom stereocenters. The molecule has 4 heteroatoms. The lowest BCUT2D eigenvalue weighted by Crippen LogP contribution is -2.02. The minimum Gasteiger partial charge on any atom is -0.393 e. The third-order valence-corrected chi connectivity index (χ3v) is 2.80. The molecule has 0 amide bonds. The molecule has 0 aromatic heterocycles. The third-order valence-electron chi connectivity index (χ3n) is 2.19. The van der Waals surface area contributed by atoms with Gasteiger partial charge in [-0.05, 0) is 54.2 Å². The molecule has 1 rings (SSSR count). The first-order chi connectivity index (χ1) is 7.02. The lowest BCUT2D eigenvalue weighted by atomic mass is 10.1. The van der Waals surface area contributed by atoms with Crippen molar-refractivity contribution < 1.29 is 13.9 Å². The fourth-order valence-electron chi connectivity index (χ4n) is 1.37. The molecule has 0 aliphatic heterocycles. The minimum absolute atomic E-state index is 0.0880. The van der Waals surface area contributed by atoms with Gasteiger partial charge in [-0.3, -0.25) is 0 Å². The van der Waals surface area contributed by atoms with Gasteiger partial charge in [-0.1, -0.05) is 0 Å². The summed E-state index contributed by atoms with van der Waals surface area (Å²) >= 11 is 3.01. The van der Waals surface area contributed by atoms with Crippen LogP contribution in [0.25, 0.3) is 0 Å². The van der Waals surface area contributed by atoms with Gasteiger partial charge in [-0.15, -0.1) is 0 Å². The largest absolute Gasteiger partial charge is 0.393 e. The van der Waals surface area contributed by atoms with Crippen LogP contribution in [0.1, 0.15) is 25.3 Å². The Balaban J connectivity index is 2.71. The first kappa shape index (κ1) is 12.6. The number of aliphatic hydroxyl groups is 1. The van der Waals surface area contributed by atoms with Crippen LogP contribution in [0.4, 0.5) is 8.78 Å². The molecule has 0 heterocycles. The summed E-state index contributed by atoms with van der Waals surface area (Å²) in [6.45, 7) is 1.66. The van der Waals surface area contributed by atoms with Gasteiger partial charge >= 0.3 is 0 Å². The summed E-state index contributed by atoms with van der Waals surface area (Å²) in [6.07, 6.45) is 0.998. The first-order valence-corrected chi connectivity index (χ1v) is 5.62. The van der Waals surface area contributed by atoms with Crippen molar-refractivity contribution in [2.75, 3.05) is 0 Å². The number of hydrogen-bond donors (Lipinski definition) is 1.